The maximum Gasteiger partial charge on any atom is 0.0694 e. The average molecular weight is 719 g/mol. The molecule has 4 bridgehead atoms. The summed E-state index contributed by atoms with van der Waals surface area (Å²) in [7, 11) is 2.51. The first kappa shape index (κ1) is 34.3. The molecule has 0 amide bonds. The van der Waals surface area contributed by atoms with E-state index in [1.54, 1.807) is 5.56 Å². The van der Waals surface area contributed by atoms with Gasteiger partial charge in [0.1, 0.15) is 0 Å². The van der Waals surface area contributed by atoms with Crippen LogP contribution in [0, 0.1) is 23.7 Å². The van der Waals surface area contributed by atoms with Crippen LogP contribution in [0.15, 0.2) is 146 Å². The molecule has 0 aliphatic heterocycles. The molecule has 4 aliphatic carbocycles. The summed E-state index contributed by atoms with van der Waals surface area (Å²) in [4.78, 5) is 9.87. The number of hydrogen-bond acceptors (Lipinski definition) is 2. The maximum absolute atomic E-state index is 4.93. The molecule has 254 valence electrons. The Kier molecular flexibility index (Phi) is 10.8. The first-order valence-electron chi connectivity index (χ1n) is 17.6. The molecule has 1 atom stereocenters. The molecule has 49 heavy (non-hydrogen) atoms. The normalized spacial score (nSPS) is 23.5. The van der Waals surface area contributed by atoms with Crippen LogP contribution in [-0.4, -0.2) is 16.1 Å². The van der Waals surface area contributed by atoms with Gasteiger partial charge in [-0.25, -0.2) is 0 Å². The van der Waals surface area contributed by atoms with Crippen molar-refractivity contribution in [1.82, 2.24) is 9.97 Å². The van der Waals surface area contributed by atoms with Crippen molar-refractivity contribution in [1.29, 1.82) is 0 Å². The molecule has 4 saturated carbocycles. The summed E-state index contributed by atoms with van der Waals surface area (Å²) >= 11 is 0. The molecule has 0 radical (unpaired) electrons. The van der Waals surface area contributed by atoms with E-state index in [1.165, 1.54) is 59.9 Å². The SMILES string of the molecule is PCC1([c-]2c(CP(c3ccccn3)c3ccccn3)cc(-c3ccccc3)c2-c2ccccc2)C2CC3CC(C2)CC1C3.[Fe].[cH-]1[cH-][cH-][cH-][cH-]1. The summed E-state index contributed by atoms with van der Waals surface area (Å²) in [5, 5.41) is 0. The average Bonchev–Trinajstić information content (AvgIpc) is 3.85. The van der Waals surface area contributed by atoms with E-state index in [2.05, 4.69) is 100 Å². The second-order valence-corrected chi connectivity index (χ2v) is 16.5. The first-order chi connectivity index (χ1) is 23.7. The van der Waals surface area contributed by atoms with Crippen LogP contribution in [0.1, 0.15) is 43.2 Å². The van der Waals surface area contributed by atoms with Crippen LogP contribution in [-0.2, 0) is 28.6 Å². The van der Waals surface area contributed by atoms with Gasteiger partial charge in [-0.1, -0.05) is 83.9 Å². The molecule has 5 heteroatoms. The van der Waals surface area contributed by atoms with Gasteiger partial charge in [0.05, 0.1) is 10.9 Å². The van der Waals surface area contributed by atoms with Crippen LogP contribution in [0.3, 0.4) is 0 Å². The fourth-order valence-corrected chi connectivity index (χ4v) is 12.7. The van der Waals surface area contributed by atoms with Crippen molar-refractivity contribution in [3.63, 3.8) is 0 Å². The molecule has 10 rings (SSSR count). The minimum Gasteiger partial charge on any atom is -0.748 e. The van der Waals surface area contributed by atoms with E-state index in [-0.39, 0.29) is 22.5 Å². The second-order valence-electron chi connectivity index (χ2n) is 14.0. The van der Waals surface area contributed by atoms with E-state index in [0.717, 1.165) is 46.9 Å². The maximum atomic E-state index is 4.93. The quantitative estimate of drug-likeness (QED) is 0.0890. The molecule has 2 nitrogen and oxygen atoms in total. The molecule has 0 spiro atoms. The fourth-order valence-electron chi connectivity index (χ4n) is 9.69. The largest absolute Gasteiger partial charge is 0.748 e. The van der Waals surface area contributed by atoms with Gasteiger partial charge in [-0.3, -0.25) is 9.97 Å². The standard InChI is InChI=1S/C39H39N2P2.C5H5.Fe/c42-26-39(32-20-27-19-28(22-32)23-33(39)21-27)38-31(25-43(35-15-7-9-17-40-35)36-16-8-10-18-41-36)24-34(29-11-3-1-4-12-29)37(38)30-13-5-2-6-14-30;1-2-4-5-3-1;/h1-18,24,27-28,32-33H,19-23,25-26,42H2;1-5H;/q-1;-5;. The smallest absolute Gasteiger partial charge is 0.0694 e. The van der Waals surface area contributed by atoms with E-state index in [1.807, 2.05) is 54.9 Å². The fraction of sp³-hybridized carbons (Fsp3) is 0.273. The summed E-state index contributed by atoms with van der Waals surface area (Å²) in [6, 6.07) is 47.8. The Morgan fingerprint density at radius 1 is 0.653 bits per heavy atom. The zero-order chi connectivity index (χ0) is 32.3. The Bertz CT molecular complexity index is 1800. The van der Waals surface area contributed by atoms with Gasteiger partial charge in [0, 0.05) is 29.5 Å². The summed E-state index contributed by atoms with van der Waals surface area (Å²) in [6.07, 6.45) is 13.1. The molecule has 0 saturated heterocycles. The Balaban J connectivity index is 0.000000581. The predicted octanol–water partition coefficient (Wildman–Crippen LogP) is 10.1. The Morgan fingerprint density at radius 2 is 1.14 bits per heavy atom. The van der Waals surface area contributed by atoms with Gasteiger partial charge in [0.15, 0.2) is 0 Å². The Hall–Kier alpha value is -3.18. The van der Waals surface area contributed by atoms with Crippen molar-refractivity contribution >= 4 is 28.0 Å². The van der Waals surface area contributed by atoms with Gasteiger partial charge >= 0.3 is 0 Å². The van der Waals surface area contributed by atoms with Crippen molar-refractivity contribution in [3.05, 3.63) is 157 Å². The van der Waals surface area contributed by atoms with Gasteiger partial charge in [-0.15, -0.1) is 31.5 Å². The number of aromatic nitrogens is 2. The van der Waals surface area contributed by atoms with Gasteiger partial charge < -0.3 is 30.3 Å². The van der Waals surface area contributed by atoms with E-state index in [9.17, 15) is 0 Å². The summed E-state index contributed by atoms with van der Waals surface area (Å²) in [6.45, 7) is 0. The summed E-state index contributed by atoms with van der Waals surface area (Å²) in [5.41, 5.74) is 11.2. The third-order valence-corrected chi connectivity index (χ3v) is 14.4. The molecule has 1 unspecified atom stereocenters. The van der Waals surface area contributed by atoms with Crippen LogP contribution in [0.5, 0.6) is 0 Å². The zero-order valence-electron chi connectivity index (χ0n) is 27.9. The van der Waals surface area contributed by atoms with Crippen molar-refractivity contribution in [2.45, 2.75) is 43.7 Å². The third kappa shape index (κ3) is 6.69. The van der Waals surface area contributed by atoms with Gasteiger partial charge in [-0.05, 0) is 106 Å². The third-order valence-electron chi connectivity index (χ3n) is 11.4. The Morgan fingerprint density at radius 3 is 1.61 bits per heavy atom. The summed E-state index contributed by atoms with van der Waals surface area (Å²) < 4.78 is 0. The molecular weight excluding hydrogens is 674 g/mol. The van der Waals surface area contributed by atoms with Crippen molar-refractivity contribution in [3.8, 4) is 22.3 Å². The monoisotopic (exact) mass is 718 g/mol. The van der Waals surface area contributed by atoms with Crippen molar-refractivity contribution in [2.24, 2.45) is 23.7 Å². The molecule has 4 aliphatic rings. The van der Waals surface area contributed by atoms with Crippen molar-refractivity contribution < 1.29 is 17.1 Å². The topological polar surface area (TPSA) is 25.8 Å². The van der Waals surface area contributed by atoms with Crippen LogP contribution in [0.2, 0.25) is 0 Å². The minimum atomic E-state index is -0.773. The minimum absolute atomic E-state index is 0. The summed E-state index contributed by atoms with van der Waals surface area (Å²) in [5.74, 6) is 3.37. The zero-order valence-corrected chi connectivity index (χ0v) is 31.0. The van der Waals surface area contributed by atoms with Crippen LogP contribution in [0.4, 0.5) is 0 Å². The van der Waals surface area contributed by atoms with Crippen molar-refractivity contribution in [2.75, 3.05) is 6.16 Å². The number of hydrogen-bond donors (Lipinski definition) is 0. The van der Waals surface area contributed by atoms with Gasteiger partial charge in [0.25, 0.3) is 0 Å². The van der Waals surface area contributed by atoms with Gasteiger partial charge in [-0.2, -0.15) is 6.07 Å². The first-order valence-corrected chi connectivity index (χ1v) is 20.0. The molecule has 4 fully saturated rings. The van der Waals surface area contributed by atoms with Crippen LogP contribution >= 0.6 is 17.2 Å². The molecule has 0 N–H and O–H groups in total. The predicted molar refractivity (Wildman–Crippen MR) is 207 cm³/mol. The van der Waals surface area contributed by atoms with Gasteiger partial charge in [0.2, 0.25) is 0 Å². The number of benzene rings is 2. The Labute approximate surface area is 306 Å². The molecule has 2 heterocycles. The van der Waals surface area contributed by atoms with Crippen LogP contribution in [0.25, 0.3) is 22.3 Å². The van der Waals surface area contributed by atoms with E-state index >= 15 is 0 Å². The number of pyridine rings is 2. The van der Waals surface area contributed by atoms with E-state index in [4.69, 9.17) is 9.97 Å². The second kappa shape index (κ2) is 15.4. The molecule has 2 aromatic heterocycles. The van der Waals surface area contributed by atoms with Crippen LogP contribution < -0.4 is 10.9 Å². The molecule has 4 aromatic carbocycles. The molecule has 6 aromatic rings. The van der Waals surface area contributed by atoms with E-state index < -0.39 is 7.92 Å². The number of rotatable bonds is 8. The number of nitrogens with zero attached hydrogens (tertiary/aromatic N) is 2. The molecular formula is C44H44FeN2P2-6. The van der Waals surface area contributed by atoms with E-state index in [0.29, 0.717) is 0 Å².